The Balaban J connectivity index is 2.48. The Hall–Kier alpha value is -1.73. The molecule has 1 aliphatic rings. The lowest BCUT2D eigenvalue weighted by atomic mass is 10.3. The summed E-state index contributed by atoms with van der Waals surface area (Å²) in [6.45, 7) is 0. The summed E-state index contributed by atoms with van der Waals surface area (Å²) in [4.78, 5) is 21.0. The second-order valence-electron chi connectivity index (χ2n) is 3.22. The average molecular weight is 255 g/mol. The van der Waals surface area contributed by atoms with E-state index >= 15 is 0 Å². The maximum absolute atomic E-state index is 10.8. The smallest absolute Gasteiger partial charge is 0.328 e. The van der Waals surface area contributed by atoms with Crippen LogP contribution in [-0.2, 0) is 9.59 Å². The summed E-state index contributed by atoms with van der Waals surface area (Å²) in [6, 6.07) is 0. The van der Waals surface area contributed by atoms with Crippen LogP contribution in [0.25, 0.3) is 0 Å². The van der Waals surface area contributed by atoms with Gasteiger partial charge in [0.25, 0.3) is 0 Å². The lowest BCUT2D eigenvalue weighted by molar-refractivity contribution is -0.131. The van der Waals surface area contributed by atoms with Gasteiger partial charge in [-0.3, -0.25) is 9.80 Å². The Kier molecular flexibility index (Phi) is 5.31. The van der Waals surface area contributed by atoms with Crippen molar-refractivity contribution in [3.63, 3.8) is 0 Å². The minimum absolute atomic E-state index is 0.427. The number of allylic oxidation sites excluding steroid dienone is 1. The predicted molar refractivity (Wildman–Crippen MR) is 65.5 cm³/mol. The largest absolute Gasteiger partial charge is 0.478 e. The number of thioether (sulfide) groups is 1. The van der Waals surface area contributed by atoms with Crippen molar-refractivity contribution in [1.82, 2.24) is 16.0 Å². The number of carbonyl (C=O) groups excluding carboxylic acids is 1. The van der Waals surface area contributed by atoms with Gasteiger partial charge in [-0.15, -0.1) is 17.3 Å². The highest BCUT2D eigenvalue weighted by atomic mass is 32.2. The van der Waals surface area contributed by atoms with Crippen LogP contribution in [0, 0.1) is 0 Å². The molecule has 3 N–H and O–H groups in total. The third kappa shape index (κ3) is 5.23. The first kappa shape index (κ1) is 13.3. The van der Waals surface area contributed by atoms with Gasteiger partial charge in [-0.2, -0.15) is 0 Å². The fraction of sp³-hybridized carbons (Fsp3) is 0.200. The van der Waals surface area contributed by atoms with Crippen molar-refractivity contribution < 1.29 is 14.7 Å². The van der Waals surface area contributed by atoms with Gasteiger partial charge >= 0.3 is 5.97 Å². The number of aliphatic carboxylic acids is 1. The van der Waals surface area contributed by atoms with E-state index in [0.29, 0.717) is 11.3 Å². The number of rotatable bonds is 6. The number of nitrogens with zero attached hydrogens (tertiary/aromatic N) is 1. The Morgan fingerprint density at radius 1 is 1.65 bits per heavy atom. The minimum atomic E-state index is -1.000. The zero-order valence-electron chi connectivity index (χ0n) is 9.21. The van der Waals surface area contributed by atoms with Crippen molar-refractivity contribution in [3.8, 4) is 0 Å². The third-order valence-corrected chi connectivity index (χ3v) is 2.59. The minimum Gasteiger partial charge on any atom is -0.478 e. The van der Waals surface area contributed by atoms with E-state index in [1.54, 1.807) is 17.3 Å². The molecule has 0 bridgehead atoms. The molecule has 0 saturated heterocycles. The molecule has 17 heavy (non-hydrogen) atoms. The number of carboxylic acid groups (broad SMARTS) is 1. The third-order valence-electron chi connectivity index (χ3n) is 1.76. The zero-order valence-corrected chi connectivity index (χ0v) is 10.0. The lowest BCUT2D eigenvalue weighted by Gasteiger charge is -2.04. The highest BCUT2D eigenvalue weighted by Gasteiger charge is 2.05. The van der Waals surface area contributed by atoms with Crippen LogP contribution in [0.4, 0.5) is 0 Å². The van der Waals surface area contributed by atoms with Crippen molar-refractivity contribution in [2.24, 2.45) is 0 Å². The molecule has 0 radical (unpaired) electrons. The lowest BCUT2D eigenvalue weighted by Crippen LogP contribution is -2.33. The van der Waals surface area contributed by atoms with Crippen LogP contribution >= 0.6 is 11.8 Å². The molecule has 0 atom stereocenters. The molecule has 7 heteroatoms. The van der Waals surface area contributed by atoms with E-state index in [1.165, 1.54) is 17.2 Å². The Labute approximate surface area is 103 Å². The van der Waals surface area contributed by atoms with Crippen molar-refractivity contribution >= 4 is 24.0 Å². The standard InChI is InChI=1S/C10H13N3O3S/c1-13-5-9(11-12-13)4-8(6-14)7-17-3-2-10(15)16/h2-6,11-12H,7H2,1H3,(H,15,16)/b3-2+,8-4-. The summed E-state index contributed by atoms with van der Waals surface area (Å²) < 4.78 is 0. The number of carbonyl (C=O) groups is 2. The Morgan fingerprint density at radius 3 is 2.94 bits per heavy atom. The molecule has 0 unspecified atom stereocenters. The first-order valence-corrected chi connectivity index (χ1v) is 5.80. The number of hydrogen-bond acceptors (Lipinski definition) is 6. The molecular formula is C10H13N3O3S. The molecule has 0 spiro atoms. The van der Waals surface area contributed by atoms with Crippen LogP contribution in [0.2, 0.25) is 0 Å². The maximum atomic E-state index is 10.8. The number of hydrazine groups is 2. The fourth-order valence-corrected chi connectivity index (χ4v) is 1.71. The van der Waals surface area contributed by atoms with Gasteiger partial charge in [-0.25, -0.2) is 4.79 Å². The molecular weight excluding hydrogens is 242 g/mol. The van der Waals surface area contributed by atoms with E-state index in [1.807, 2.05) is 7.05 Å². The molecule has 1 rings (SSSR count). The first-order chi connectivity index (χ1) is 8.11. The van der Waals surface area contributed by atoms with Gasteiger partial charge in [0, 0.05) is 30.6 Å². The molecule has 0 aromatic heterocycles. The summed E-state index contributed by atoms with van der Waals surface area (Å²) >= 11 is 1.25. The van der Waals surface area contributed by atoms with Crippen LogP contribution < -0.4 is 11.0 Å². The molecule has 1 heterocycles. The van der Waals surface area contributed by atoms with Crippen LogP contribution in [0.1, 0.15) is 0 Å². The molecule has 0 saturated carbocycles. The highest BCUT2D eigenvalue weighted by Crippen LogP contribution is 2.10. The van der Waals surface area contributed by atoms with E-state index < -0.39 is 5.97 Å². The summed E-state index contributed by atoms with van der Waals surface area (Å²) in [5.41, 5.74) is 7.02. The van der Waals surface area contributed by atoms with E-state index in [-0.39, 0.29) is 0 Å². The van der Waals surface area contributed by atoms with Gasteiger partial charge < -0.3 is 10.5 Å². The number of nitrogens with one attached hydrogen (secondary N) is 2. The van der Waals surface area contributed by atoms with Crippen LogP contribution in [-0.4, -0.2) is 35.2 Å². The SMILES string of the molecule is CN1C=C(/C=C(/C=O)CS/C=C/C(=O)O)NN1. The molecule has 0 aromatic rings. The van der Waals surface area contributed by atoms with Gasteiger partial charge in [0.2, 0.25) is 0 Å². The van der Waals surface area contributed by atoms with Crippen LogP contribution in [0.3, 0.4) is 0 Å². The van der Waals surface area contributed by atoms with E-state index in [2.05, 4.69) is 11.0 Å². The number of hydrogen-bond donors (Lipinski definition) is 3. The molecule has 0 aliphatic carbocycles. The van der Waals surface area contributed by atoms with Gasteiger partial charge in [0.05, 0.1) is 5.70 Å². The van der Waals surface area contributed by atoms with Crippen molar-refractivity contribution in [1.29, 1.82) is 0 Å². The molecule has 1 aliphatic heterocycles. The maximum Gasteiger partial charge on any atom is 0.328 e. The van der Waals surface area contributed by atoms with Gasteiger partial charge in [0.1, 0.15) is 6.29 Å². The van der Waals surface area contributed by atoms with E-state index in [4.69, 9.17) is 5.11 Å². The first-order valence-electron chi connectivity index (χ1n) is 4.75. The molecule has 92 valence electrons. The molecule has 0 aromatic carbocycles. The average Bonchev–Trinajstić information content (AvgIpc) is 2.68. The van der Waals surface area contributed by atoms with Crippen LogP contribution in [0.15, 0.2) is 35.0 Å². The Bertz CT molecular complexity index is 390. The predicted octanol–water partition coefficient (Wildman–Crippen LogP) is 0.239. The molecule has 0 amide bonds. The number of carboxylic acids is 1. The van der Waals surface area contributed by atoms with E-state index in [9.17, 15) is 9.59 Å². The highest BCUT2D eigenvalue weighted by molar-refractivity contribution is 8.02. The van der Waals surface area contributed by atoms with Crippen molar-refractivity contribution in [2.45, 2.75) is 0 Å². The summed E-state index contributed by atoms with van der Waals surface area (Å²) in [5, 5.41) is 11.5. The second kappa shape index (κ2) is 6.77. The van der Waals surface area contributed by atoms with Crippen molar-refractivity contribution in [2.75, 3.05) is 12.8 Å². The monoisotopic (exact) mass is 255 g/mol. The summed E-state index contributed by atoms with van der Waals surface area (Å²) in [6.07, 6.45) is 5.28. The van der Waals surface area contributed by atoms with Crippen molar-refractivity contribution in [3.05, 3.63) is 35.0 Å². The summed E-state index contributed by atoms with van der Waals surface area (Å²) in [7, 11) is 1.82. The van der Waals surface area contributed by atoms with Crippen LogP contribution in [0.5, 0.6) is 0 Å². The van der Waals surface area contributed by atoms with Gasteiger partial charge in [-0.05, 0) is 11.5 Å². The quantitative estimate of drug-likeness (QED) is 0.463. The van der Waals surface area contributed by atoms with E-state index in [0.717, 1.165) is 18.1 Å². The van der Waals surface area contributed by atoms with Gasteiger partial charge in [-0.1, -0.05) is 0 Å². The van der Waals surface area contributed by atoms with Gasteiger partial charge in [0.15, 0.2) is 0 Å². The zero-order chi connectivity index (χ0) is 12.7. The second-order valence-corrected chi connectivity index (χ2v) is 4.12. The molecule has 6 nitrogen and oxygen atoms in total. The fourth-order valence-electron chi connectivity index (χ4n) is 1.06. The topological polar surface area (TPSA) is 81.7 Å². The molecule has 0 fully saturated rings. The Morgan fingerprint density at radius 2 is 2.41 bits per heavy atom. The number of aldehydes is 1. The normalized spacial score (nSPS) is 15.9. The summed E-state index contributed by atoms with van der Waals surface area (Å²) in [5.74, 6) is -0.573.